The zero-order valence-electron chi connectivity index (χ0n) is 30.2. The van der Waals surface area contributed by atoms with Gasteiger partial charge in [-0.05, 0) is 80.3 Å². The fourth-order valence-corrected chi connectivity index (χ4v) is 6.29. The van der Waals surface area contributed by atoms with Crippen LogP contribution in [0.4, 0.5) is 0 Å². The predicted molar refractivity (Wildman–Crippen MR) is 201 cm³/mol. The summed E-state index contributed by atoms with van der Waals surface area (Å²) in [7, 11) is 0. The van der Waals surface area contributed by atoms with Gasteiger partial charge in [-0.1, -0.05) is 123 Å². The van der Waals surface area contributed by atoms with E-state index in [-0.39, 0.29) is 7.43 Å². The summed E-state index contributed by atoms with van der Waals surface area (Å²) < 4.78 is 26.8. The Hall–Kier alpha value is -3.80. The van der Waals surface area contributed by atoms with Crippen molar-refractivity contribution in [1.29, 1.82) is 0 Å². The van der Waals surface area contributed by atoms with Crippen LogP contribution in [0, 0.1) is 0 Å². The topological polar surface area (TPSA) is 46.2 Å². The Morgan fingerprint density at radius 1 is 0.490 bits per heavy atom. The Balaban J connectivity index is 0.000000146. The van der Waals surface area contributed by atoms with Gasteiger partial charge in [-0.2, -0.15) is 0 Å². The first-order chi connectivity index (χ1) is 23.1. The van der Waals surface area contributed by atoms with Crippen LogP contribution in [0.3, 0.4) is 0 Å². The average Bonchev–Trinajstić information content (AvgIpc) is 3.90. The van der Waals surface area contributed by atoms with Crippen molar-refractivity contribution in [1.82, 2.24) is 0 Å². The van der Waals surface area contributed by atoms with Crippen LogP contribution in [-0.4, -0.2) is 13.4 Å². The van der Waals surface area contributed by atoms with Gasteiger partial charge in [0.2, 0.25) is 6.79 Å². The van der Waals surface area contributed by atoms with E-state index in [9.17, 15) is 0 Å². The summed E-state index contributed by atoms with van der Waals surface area (Å²) in [5.74, 6) is 5.23. The van der Waals surface area contributed by atoms with Crippen LogP contribution in [0.1, 0.15) is 137 Å². The lowest BCUT2D eigenvalue weighted by Crippen LogP contribution is -1.95. The third-order valence-electron chi connectivity index (χ3n) is 9.28. The lowest BCUT2D eigenvalue weighted by molar-refractivity contribution is 0.134. The summed E-state index contributed by atoms with van der Waals surface area (Å²) in [6.45, 7) is 22.1. The molecule has 0 spiro atoms. The second-order valence-electron chi connectivity index (χ2n) is 14.2. The van der Waals surface area contributed by atoms with Gasteiger partial charge in [0.15, 0.2) is 11.5 Å². The minimum Gasteiger partial charge on any atom is -0.493 e. The van der Waals surface area contributed by atoms with Crippen molar-refractivity contribution < 1.29 is 23.7 Å². The third-order valence-corrected chi connectivity index (χ3v) is 9.28. The van der Waals surface area contributed by atoms with Crippen LogP contribution in [0.15, 0.2) is 72.8 Å². The van der Waals surface area contributed by atoms with Gasteiger partial charge in [-0.15, -0.1) is 0 Å². The molecular formula is C44H58O5. The van der Waals surface area contributed by atoms with E-state index in [4.69, 9.17) is 23.7 Å². The smallest absolute Gasteiger partial charge is 0.231 e. The van der Waals surface area contributed by atoms with Crippen molar-refractivity contribution >= 4 is 0 Å². The predicted octanol–water partition coefficient (Wildman–Crippen LogP) is 11.6. The van der Waals surface area contributed by atoms with Gasteiger partial charge in [0.1, 0.15) is 5.75 Å². The number of fused-ring (bicyclic) bond motifs is 4. The molecule has 0 bridgehead atoms. The molecule has 0 fully saturated rings. The van der Waals surface area contributed by atoms with Crippen molar-refractivity contribution in [3.8, 4) is 17.2 Å². The Labute approximate surface area is 295 Å². The van der Waals surface area contributed by atoms with Gasteiger partial charge in [-0.25, -0.2) is 0 Å². The molecule has 0 amide bonds. The minimum absolute atomic E-state index is 0. The van der Waals surface area contributed by atoms with Gasteiger partial charge >= 0.3 is 0 Å². The Kier molecular flexibility index (Phi) is 13.8. The van der Waals surface area contributed by atoms with E-state index < -0.39 is 0 Å². The normalized spacial score (nSPS) is 14.4. The van der Waals surface area contributed by atoms with Gasteiger partial charge in [0, 0.05) is 12.0 Å². The Morgan fingerprint density at radius 2 is 1.10 bits per heavy atom. The molecule has 0 saturated heterocycles. The fourth-order valence-electron chi connectivity index (χ4n) is 6.29. The minimum atomic E-state index is 0. The first kappa shape index (κ1) is 38.0. The van der Waals surface area contributed by atoms with Crippen LogP contribution in [0.5, 0.6) is 17.2 Å². The Morgan fingerprint density at radius 3 is 1.82 bits per heavy atom. The zero-order chi connectivity index (χ0) is 34.2. The van der Waals surface area contributed by atoms with Crippen LogP contribution in [0.2, 0.25) is 0 Å². The number of rotatable bonds is 4. The molecule has 0 saturated carbocycles. The lowest BCUT2D eigenvalue weighted by Gasteiger charge is -2.09. The molecule has 4 aliphatic heterocycles. The van der Waals surface area contributed by atoms with E-state index in [1.165, 1.54) is 50.1 Å². The van der Waals surface area contributed by atoms with Gasteiger partial charge in [0.05, 0.1) is 33.0 Å². The summed E-state index contributed by atoms with van der Waals surface area (Å²) in [4.78, 5) is 0. The number of ether oxygens (including phenoxy) is 5. The van der Waals surface area contributed by atoms with Crippen molar-refractivity contribution in [3.05, 3.63) is 123 Å². The summed E-state index contributed by atoms with van der Waals surface area (Å²) >= 11 is 0. The van der Waals surface area contributed by atoms with Crippen molar-refractivity contribution in [2.45, 2.75) is 119 Å². The highest BCUT2D eigenvalue weighted by atomic mass is 16.7. The monoisotopic (exact) mass is 666 g/mol. The molecule has 0 radical (unpaired) electrons. The quantitative estimate of drug-likeness (QED) is 0.217. The molecule has 0 aliphatic carbocycles. The van der Waals surface area contributed by atoms with Crippen LogP contribution < -0.4 is 14.2 Å². The first-order valence-electron chi connectivity index (χ1n) is 17.6. The zero-order valence-corrected chi connectivity index (χ0v) is 30.2. The van der Waals surface area contributed by atoms with E-state index in [2.05, 4.69) is 116 Å². The van der Waals surface area contributed by atoms with E-state index in [0.29, 0.717) is 30.5 Å². The lowest BCUT2D eigenvalue weighted by atomic mass is 9.95. The van der Waals surface area contributed by atoms with E-state index >= 15 is 0 Å². The maximum absolute atomic E-state index is 5.43. The molecule has 264 valence electrons. The molecule has 8 rings (SSSR count). The summed E-state index contributed by atoms with van der Waals surface area (Å²) in [5.41, 5.74) is 12.4. The molecule has 4 aromatic rings. The van der Waals surface area contributed by atoms with Crippen LogP contribution >= 0.6 is 0 Å². The van der Waals surface area contributed by atoms with Crippen molar-refractivity contribution in [2.24, 2.45) is 0 Å². The maximum atomic E-state index is 5.43. The third kappa shape index (κ3) is 9.67. The highest BCUT2D eigenvalue weighted by molar-refractivity contribution is 5.49. The van der Waals surface area contributed by atoms with E-state index in [1.54, 1.807) is 0 Å². The van der Waals surface area contributed by atoms with Crippen LogP contribution in [0.25, 0.3) is 0 Å². The maximum Gasteiger partial charge on any atom is 0.231 e. The Bertz CT molecular complexity index is 1530. The highest BCUT2D eigenvalue weighted by Crippen LogP contribution is 2.38. The second kappa shape index (κ2) is 17.7. The van der Waals surface area contributed by atoms with Gasteiger partial charge < -0.3 is 23.7 Å². The fraction of sp³-hybridized carbons (Fsp3) is 0.455. The molecular weight excluding hydrogens is 608 g/mol. The molecule has 0 unspecified atom stereocenters. The van der Waals surface area contributed by atoms with Gasteiger partial charge in [-0.3, -0.25) is 0 Å². The van der Waals surface area contributed by atoms with Crippen molar-refractivity contribution in [3.63, 3.8) is 0 Å². The standard InChI is InChI=1S/3C11H14O.C10H12O2.CH4/c1-8(2)9-3-4-10-6-12-7-11(10)5-9;1-8(2)9-3-4-11-10(7-9)5-6-12-11;1-8(2)10-5-3-4-9-6-12-7-11(9)10;1-7(2)8-4-3-5-9-10(8)12-6-11-9;/h3-5,8H,6-7H2,1-2H3;3-4,7-8H,5-6H2,1-2H3;3-5,8H,6-7H2,1-2H3;3-5,7H,6H2,1-2H3;1H4. The molecule has 4 aromatic carbocycles. The van der Waals surface area contributed by atoms with E-state index in [0.717, 1.165) is 56.7 Å². The molecule has 0 aromatic heterocycles. The molecule has 4 heterocycles. The molecule has 49 heavy (non-hydrogen) atoms. The SMILES string of the molecule is C.CC(C)c1ccc2c(c1)CCO2.CC(C)c1ccc2c(c1)COC2.CC(C)c1cccc2c1COC2.CC(C)c1cccc2c1OCO2. The highest BCUT2D eigenvalue weighted by Gasteiger charge is 2.19. The summed E-state index contributed by atoms with van der Waals surface area (Å²) in [6.07, 6.45) is 1.08. The number of hydrogen-bond donors (Lipinski definition) is 0. The molecule has 5 nitrogen and oxygen atoms in total. The molecule has 0 atom stereocenters. The number of hydrogen-bond acceptors (Lipinski definition) is 5. The largest absolute Gasteiger partial charge is 0.493 e. The first-order valence-corrected chi connectivity index (χ1v) is 17.6. The molecule has 4 aliphatic rings. The molecule has 5 heteroatoms. The van der Waals surface area contributed by atoms with Crippen molar-refractivity contribution in [2.75, 3.05) is 13.4 Å². The summed E-state index contributed by atoms with van der Waals surface area (Å²) in [6, 6.07) is 25.7. The molecule has 0 N–H and O–H groups in total. The van der Waals surface area contributed by atoms with E-state index in [1.807, 2.05) is 12.1 Å². The number of para-hydroxylation sites is 1. The second-order valence-corrected chi connectivity index (χ2v) is 14.2. The number of benzene rings is 4. The van der Waals surface area contributed by atoms with Gasteiger partial charge in [0.25, 0.3) is 0 Å². The average molecular weight is 667 g/mol. The van der Waals surface area contributed by atoms with Crippen LogP contribution in [-0.2, 0) is 42.3 Å². The summed E-state index contributed by atoms with van der Waals surface area (Å²) in [5, 5.41) is 0.